The summed E-state index contributed by atoms with van der Waals surface area (Å²) in [6, 6.07) is 0. The summed E-state index contributed by atoms with van der Waals surface area (Å²) in [6.45, 7) is 3.89. The molecule has 1 heterocycles. The molecule has 4 nitrogen and oxygen atoms in total. The van der Waals surface area contributed by atoms with Gasteiger partial charge in [0.2, 0.25) is 5.76 Å². The van der Waals surface area contributed by atoms with Crippen LogP contribution in [0.25, 0.3) is 0 Å². The van der Waals surface area contributed by atoms with Gasteiger partial charge in [0, 0.05) is 5.92 Å². The van der Waals surface area contributed by atoms with E-state index in [2.05, 4.69) is 11.9 Å². The second-order valence-corrected chi connectivity index (χ2v) is 5.24. The average molecular weight is 287 g/mol. The summed E-state index contributed by atoms with van der Waals surface area (Å²) in [5.41, 5.74) is -0.600. The lowest BCUT2D eigenvalue weighted by Gasteiger charge is -2.23. The van der Waals surface area contributed by atoms with E-state index < -0.39 is 23.8 Å². The molecular formula is C14H19F2NO3. The van der Waals surface area contributed by atoms with Crippen LogP contribution in [0.2, 0.25) is 0 Å². The minimum Gasteiger partial charge on any atom is -0.460 e. The van der Waals surface area contributed by atoms with Crippen LogP contribution in [0.1, 0.15) is 74.0 Å². The van der Waals surface area contributed by atoms with E-state index in [0.717, 1.165) is 25.7 Å². The molecule has 1 fully saturated rings. The van der Waals surface area contributed by atoms with Crippen molar-refractivity contribution in [1.29, 1.82) is 0 Å². The third-order valence-corrected chi connectivity index (χ3v) is 3.70. The van der Waals surface area contributed by atoms with E-state index in [-0.39, 0.29) is 18.4 Å². The smallest absolute Gasteiger partial charge is 0.376 e. The van der Waals surface area contributed by atoms with Crippen molar-refractivity contribution in [1.82, 2.24) is 4.98 Å². The van der Waals surface area contributed by atoms with Gasteiger partial charge >= 0.3 is 5.97 Å². The molecule has 0 aromatic carbocycles. The van der Waals surface area contributed by atoms with Gasteiger partial charge in [-0.2, -0.15) is 0 Å². The summed E-state index contributed by atoms with van der Waals surface area (Å²) in [5, 5.41) is 0. The van der Waals surface area contributed by atoms with Crippen LogP contribution in [0.5, 0.6) is 0 Å². The molecular weight excluding hydrogens is 268 g/mol. The van der Waals surface area contributed by atoms with Crippen LogP contribution >= 0.6 is 0 Å². The summed E-state index contributed by atoms with van der Waals surface area (Å²) in [7, 11) is 0. The van der Waals surface area contributed by atoms with Crippen LogP contribution < -0.4 is 0 Å². The number of ether oxygens (including phenoxy) is 1. The fraction of sp³-hybridized carbons (Fsp3) is 0.714. The number of aromatic nitrogens is 1. The van der Waals surface area contributed by atoms with Gasteiger partial charge in [0.05, 0.1) is 6.61 Å². The number of rotatable bonds is 4. The summed E-state index contributed by atoms with van der Waals surface area (Å²) < 4.78 is 35.9. The fourth-order valence-corrected chi connectivity index (χ4v) is 2.52. The lowest BCUT2D eigenvalue weighted by atomic mass is 9.83. The first-order valence-corrected chi connectivity index (χ1v) is 6.98. The summed E-state index contributed by atoms with van der Waals surface area (Å²) in [4.78, 5) is 15.5. The molecule has 0 spiro atoms. The molecule has 2 rings (SSSR count). The van der Waals surface area contributed by atoms with Crippen LogP contribution in [0.15, 0.2) is 4.42 Å². The average Bonchev–Trinajstić information content (AvgIpc) is 2.85. The van der Waals surface area contributed by atoms with Gasteiger partial charge in [0.25, 0.3) is 6.43 Å². The Hall–Kier alpha value is -1.46. The molecule has 0 unspecified atom stereocenters. The largest absolute Gasteiger partial charge is 0.460 e. The standard InChI is InChI=1S/C14H19F2NO3/c1-3-19-14(18)11-10(12(15)16)17-13(20-11)9-6-4-8(2)5-7-9/h8-9,12H,3-7H2,1-2H3. The minimum atomic E-state index is -2.84. The Morgan fingerprint density at radius 1 is 1.40 bits per heavy atom. The molecule has 20 heavy (non-hydrogen) atoms. The first kappa shape index (κ1) is 14.9. The molecule has 0 amide bonds. The van der Waals surface area contributed by atoms with Crippen molar-refractivity contribution in [3.05, 3.63) is 17.3 Å². The molecule has 0 aliphatic heterocycles. The number of oxazole rings is 1. The molecule has 0 saturated heterocycles. The molecule has 0 atom stereocenters. The van der Waals surface area contributed by atoms with E-state index in [4.69, 9.17) is 9.15 Å². The van der Waals surface area contributed by atoms with Crippen molar-refractivity contribution in [3.63, 3.8) is 0 Å². The zero-order valence-electron chi connectivity index (χ0n) is 11.7. The Morgan fingerprint density at radius 2 is 2.05 bits per heavy atom. The third kappa shape index (κ3) is 3.16. The molecule has 1 aliphatic rings. The monoisotopic (exact) mass is 287 g/mol. The van der Waals surface area contributed by atoms with Crippen molar-refractivity contribution in [2.45, 2.75) is 51.9 Å². The van der Waals surface area contributed by atoms with E-state index in [0.29, 0.717) is 5.92 Å². The Labute approximate surface area is 116 Å². The zero-order chi connectivity index (χ0) is 14.7. The first-order chi connectivity index (χ1) is 9.52. The highest BCUT2D eigenvalue weighted by atomic mass is 19.3. The van der Waals surface area contributed by atoms with Gasteiger partial charge in [-0.15, -0.1) is 0 Å². The minimum absolute atomic E-state index is 0.0203. The fourth-order valence-electron chi connectivity index (χ4n) is 2.52. The number of hydrogen-bond acceptors (Lipinski definition) is 4. The molecule has 0 bridgehead atoms. The molecule has 0 radical (unpaired) electrons. The zero-order valence-corrected chi connectivity index (χ0v) is 11.7. The normalized spacial score (nSPS) is 23.1. The number of halogens is 2. The van der Waals surface area contributed by atoms with E-state index in [1.54, 1.807) is 6.92 Å². The van der Waals surface area contributed by atoms with Crippen LogP contribution in [0.4, 0.5) is 8.78 Å². The summed E-state index contributed by atoms with van der Waals surface area (Å²) in [5.74, 6) is -0.413. The topological polar surface area (TPSA) is 52.3 Å². The number of hydrogen-bond donors (Lipinski definition) is 0. The third-order valence-electron chi connectivity index (χ3n) is 3.70. The Morgan fingerprint density at radius 3 is 2.60 bits per heavy atom. The van der Waals surface area contributed by atoms with Gasteiger partial charge in [-0.05, 0) is 38.5 Å². The predicted octanol–water partition coefficient (Wildman–Crippen LogP) is 4.08. The lowest BCUT2D eigenvalue weighted by Crippen LogP contribution is -2.11. The highest BCUT2D eigenvalue weighted by Gasteiger charge is 2.31. The molecule has 1 aromatic heterocycles. The molecule has 6 heteroatoms. The second-order valence-electron chi connectivity index (χ2n) is 5.24. The van der Waals surface area contributed by atoms with Crippen molar-refractivity contribution in [2.75, 3.05) is 6.61 Å². The van der Waals surface area contributed by atoms with Crippen LogP contribution in [0, 0.1) is 5.92 Å². The summed E-state index contributed by atoms with van der Waals surface area (Å²) >= 11 is 0. The molecule has 0 N–H and O–H groups in total. The van der Waals surface area contributed by atoms with E-state index in [1.807, 2.05) is 0 Å². The van der Waals surface area contributed by atoms with E-state index >= 15 is 0 Å². The van der Waals surface area contributed by atoms with Gasteiger partial charge in [0.15, 0.2) is 11.6 Å². The van der Waals surface area contributed by atoms with Crippen LogP contribution in [0.3, 0.4) is 0 Å². The highest BCUT2D eigenvalue weighted by Crippen LogP contribution is 2.37. The van der Waals surface area contributed by atoms with E-state index in [9.17, 15) is 13.6 Å². The van der Waals surface area contributed by atoms with Gasteiger partial charge in [-0.25, -0.2) is 18.6 Å². The van der Waals surface area contributed by atoms with Crippen molar-refractivity contribution < 1.29 is 22.7 Å². The number of esters is 1. The summed E-state index contributed by atoms with van der Waals surface area (Å²) in [6.07, 6.45) is 0.908. The van der Waals surface area contributed by atoms with Crippen molar-refractivity contribution in [3.8, 4) is 0 Å². The second kappa shape index (κ2) is 6.33. The number of alkyl halides is 2. The predicted molar refractivity (Wildman–Crippen MR) is 67.8 cm³/mol. The maximum absolute atomic E-state index is 12.9. The Balaban J connectivity index is 2.22. The van der Waals surface area contributed by atoms with E-state index in [1.165, 1.54) is 0 Å². The van der Waals surface area contributed by atoms with Gasteiger partial charge in [-0.3, -0.25) is 0 Å². The van der Waals surface area contributed by atoms with Crippen LogP contribution in [-0.4, -0.2) is 17.6 Å². The molecule has 1 aliphatic carbocycles. The first-order valence-electron chi connectivity index (χ1n) is 6.98. The van der Waals surface area contributed by atoms with Crippen LogP contribution in [-0.2, 0) is 4.74 Å². The quantitative estimate of drug-likeness (QED) is 0.783. The molecule has 1 saturated carbocycles. The van der Waals surface area contributed by atoms with Gasteiger partial charge < -0.3 is 9.15 Å². The van der Waals surface area contributed by atoms with Gasteiger partial charge in [-0.1, -0.05) is 6.92 Å². The lowest BCUT2D eigenvalue weighted by molar-refractivity contribution is 0.0472. The molecule has 112 valence electrons. The van der Waals surface area contributed by atoms with Crippen molar-refractivity contribution >= 4 is 5.97 Å². The Bertz CT molecular complexity index is 465. The number of carbonyl (C=O) groups excluding carboxylic acids is 1. The number of nitrogens with zero attached hydrogens (tertiary/aromatic N) is 1. The van der Waals surface area contributed by atoms with Crippen molar-refractivity contribution in [2.24, 2.45) is 5.92 Å². The SMILES string of the molecule is CCOC(=O)c1oc(C2CCC(C)CC2)nc1C(F)F. The number of carbonyl (C=O) groups is 1. The maximum Gasteiger partial charge on any atom is 0.376 e. The van der Waals surface area contributed by atoms with Gasteiger partial charge in [0.1, 0.15) is 0 Å². The highest BCUT2D eigenvalue weighted by molar-refractivity contribution is 5.87. The Kier molecular flexibility index (Phi) is 4.73. The maximum atomic E-state index is 12.9. The molecule has 1 aromatic rings.